The van der Waals surface area contributed by atoms with Crippen LogP contribution in [0, 0.1) is 21.7 Å². The van der Waals surface area contributed by atoms with Crippen molar-refractivity contribution in [3.05, 3.63) is 111 Å². The lowest BCUT2D eigenvalue weighted by molar-refractivity contribution is -0.384. The number of nitrogens with zero attached hydrogens (tertiary/aromatic N) is 3. The standard InChI is InChI=1S/C24H23F2N3O2/c25-21-7-3-19(4-8-21)24(20-5-9-22(26)10-6-20)28-15-13-27(14-16-28)17-18-1-11-23(12-2-18)29(30)31/h1-12,24H,13-17H2. The molecule has 0 N–H and O–H groups in total. The van der Waals surface area contributed by atoms with E-state index < -0.39 is 4.92 Å². The highest BCUT2D eigenvalue weighted by molar-refractivity contribution is 5.34. The highest BCUT2D eigenvalue weighted by atomic mass is 19.1. The van der Waals surface area contributed by atoms with Gasteiger partial charge in [-0.25, -0.2) is 8.78 Å². The molecule has 3 aromatic carbocycles. The molecule has 7 heteroatoms. The average molecular weight is 423 g/mol. The number of piperazine rings is 1. The molecule has 31 heavy (non-hydrogen) atoms. The summed E-state index contributed by atoms with van der Waals surface area (Å²) >= 11 is 0. The van der Waals surface area contributed by atoms with Gasteiger partial charge < -0.3 is 0 Å². The number of hydrogen-bond donors (Lipinski definition) is 0. The average Bonchev–Trinajstić information content (AvgIpc) is 2.78. The molecule has 5 nitrogen and oxygen atoms in total. The third-order valence-electron chi connectivity index (χ3n) is 5.70. The molecule has 0 unspecified atom stereocenters. The number of non-ortho nitro benzene ring substituents is 1. The van der Waals surface area contributed by atoms with Crippen LogP contribution >= 0.6 is 0 Å². The molecule has 0 aromatic heterocycles. The van der Waals surface area contributed by atoms with Crippen molar-refractivity contribution in [3.8, 4) is 0 Å². The van der Waals surface area contributed by atoms with Crippen LogP contribution in [0.25, 0.3) is 0 Å². The Morgan fingerprint density at radius 2 is 1.26 bits per heavy atom. The Kier molecular flexibility index (Phi) is 6.34. The molecular formula is C24H23F2N3O2. The third kappa shape index (κ3) is 5.13. The van der Waals surface area contributed by atoms with E-state index in [2.05, 4.69) is 9.80 Å². The first-order chi connectivity index (χ1) is 15.0. The minimum absolute atomic E-state index is 0.0808. The predicted molar refractivity (Wildman–Crippen MR) is 115 cm³/mol. The van der Waals surface area contributed by atoms with Gasteiger partial charge in [0.1, 0.15) is 11.6 Å². The summed E-state index contributed by atoms with van der Waals surface area (Å²) in [7, 11) is 0. The van der Waals surface area contributed by atoms with Crippen LogP contribution < -0.4 is 0 Å². The summed E-state index contributed by atoms with van der Waals surface area (Å²) in [5.41, 5.74) is 3.07. The zero-order valence-electron chi connectivity index (χ0n) is 17.0. The summed E-state index contributed by atoms with van der Waals surface area (Å²) in [5.74, 6) is -0.566. The van der Waals surface area contributed by atoms with Gasteiger partial charge >= 0.3 is 0 Å². The molecule has 0 spiro atoms. The highest BCUT2D eigenvalue weighted by Gasteiger charge is 2.26. The second-order valence-corrected chi connectivity index (χ2v) is 7.74. The topological polar surface area (TPSA) is 49.6 Å². The Morgan fingerprint density at radius 1 is 0.774 bits per heavy atom. The molecule has 0 aliphatic carbocycles. The van der Waals surface area contributed by atoms with Crippen molar-refractivity contribution in [3.63, 3.8) is 0 Å². The number of nitro benzene ring substituents is 1. The number of nitro groups is 1. The van der Waals surface area contributed by atoms with Crippen molar-refractivity contribution in [2.24, 2.45) is 0 Å². The first-order valence-electron chi connectivity index (χ1n) is 10.2. The lowest BCUT2D eigenvalue weighted by Crippen LogP contribution is -2.47. The van der Waals surface area contributed by atoms with Crippen molar-refractivity contribution < 1.29 is 13.7 Å². The molecule has 160 valence electrons. The number of benzene rings is 3. The van der Waals surface area contributed by atoms with Crippen molar-refractivity contribution in [1.82, 2.24) is 9.80 Å². The molecule has 1 aliphatic heterocycles. The molecule has 0 bridgehead atoms. The minimum Gasteiger partial charge on any atom is -0.297 e. The normalized spacial score (nSPS) is 15.3. The Morgan fingerprint density at radius 3 is 1.71 bits per heavy atom. The summed E-state index contributed by atoms with van der Waals surface area (Å²) in [6, 6.07) is 19.5. The van der Waals surface area contributed by atoms with Gasteiger partial charge in [-0.15, -0.1) is 0 Å². The molecule has 1 heterocycles. The van der Waals surface area contributed by atoms with E-state index in [-0.39, 0.29) is 23.4 Å². The van der Waals surface area contributed by atoms with Crippen LogP contribution in [-0.2, 0) is 6.54 Å². The number of halogens is 2. The maximum absolute atomic E-state index is 13.5. The molecule has 4 rings (SSSR count). The van der Waals surface area contributed by atoms with Crippen molar-refractivity contribution >= 4 is 5.69 Å². The van der Waals surface area contributed by atoms with Crippen LogP contribution in [0.15, 0.2) is 72.8 Å². The van der Waals surface area contributed by atoms with Crippen molar-refractivity contribution in [1.29, 1.82) is 0 Å². The lowest BCUT2D eigenvalue weighted by atomic mass is 9.96. The second-order valence-electron chi connectivity index (χ2n) is 7.74. The Balaban J connectivity index is 1.46. The zero-order chi connectivity index (χ0) is 21.8. The quantitative estimate of drug-likeness (QED) is 0.423. The van der Waals surface area contributed by atoms with E-state index in [1.54, 1.807) is 36.4 Å². The fourth-order valence-corrected chi connectivity index (χ4v) is 4.07. The van der Waals surface area contributed by atoms with Gasteiger partial charge in [-0.2, -0.15) is 0 Å². The van der Waals surface area contributed by atoms with Crippen LogP contribution in [-0.4, -0.2) is 40.9 Å². The molecule has 1 fully saturated rings. The molecule has 0 amide bonds. The van der Waals surface area contributed by atoms with Gasteiger partial charge in [0, 0.05) is 44.9 Å². The van der Waals surface area contributed by atoms with Crippen LogP contribution in [0.2, 0.25) is 0 Å². The monoisotopic (exact) mass is 423 g/mol. The van der Waals surface area contributed by atoms with Crippen LogP contribution in [0.4, 0.5) is 14.5 Å². The zero-order valence-corrected chi connectivity index (χ0v) is 17.0. The van der Waals surface area contributed by atoms with Gasteiger partial charge in [-0.1, -0.05) is 36.4 Å². The molecule has 0 saturated carbocycles. The van der Waals surface area contributed by atoms with Crippen molar-refractivity contribution in [2.75, 3.05) is 26.2 Å². The van der Waals surface area contributed by atoms with E-state index in [1.807, 2.05) is 0 Å². The van der Waals surface area contributed by atoms with Gasteiger partial charge in [0.2, 0.25) is 0 Å². The van der Waals surface area contributed by atoms with E-state index in [4.69, 9.17) is 0 Å². The third-order valence-corrected chi connectivity index (χ3v) is 5.70. The maximum atomic E-state index is 13.5. The van der Waals surface area contributed by atoms with Crippen molar-refractivity contribution in [2.45, 2.75) is 12.6 Å². The highest BCUT2D eigenvalue weighted by Crippen LogP contribution is 2.30. The summed E-state index contributed by atoms with van der Waals surface area (Å²) in [6.07, 6.45) is 0. The van der Waals surface area contributed by atoms with Gasteiger partial charge in [-0.3, -0.25) is 19.9 Å². The van der Waals surface area contributed by atoms with Crippen LogP contribution in [0.5, 0.6) is 0 Å². The van der Waals surface area contributed by atoms with Crippen LogP contribution in [0.3, 0.4) is 0 Å². The van der Waals surface area contributed by atoms with Gasteiger partial charge in [0.25, 0.3) is 5.69 Å². The Hall–Kier alpha value is -3.16. The van der Waals surface area contributed by atoms with E-state index in [9.17, 15) is 18.9 Å². The number of rotatable bonds is 6. The minimum atomic E-state index is -0.395. The van der Waals surface area contributed by atoms with E-state index in [0.29, 0.717) is 0 Å². The maximum Gasteiger partial charge on any atom is 0.269 e. The lowest BCUT2D eigenvalue weighted by Gasteiger charge is -2.39. The smallest absolute Gasteiger partial charge is 0.269 e. The first-order valence-corrected chi connectivity index (χ1v) is 10.2. The summed E-state index contributed by atoms with van der Waals surface area (Å²) in [4.78, 5) is 15.1. The molecular weight excluding hydrogens is 400 g/mol. The summed E-state index contributed by atoms with van der Waals surface area (Å²) in [5, 5.41) is 10.8. The Labute approximate surface area is 179 Å². The molecule has 3 aromatic rings. The second kappa shape index (κ2) is 9.32. The Bertz CT molecular complexity index is 971. The first kappa shape index (κ1) is 21.1. The summed E-state index contributed by atoms with van der Waals surface area (Å²) < 4.78 is 26.9. The predicted octanol–water partition coefficient (Wildman–Crippen LogP) is 4.78. The molecule has 0 radical (unpaired) electrons. The molecule has 0 atom stereocenters. The van der Waals surface area contributed by atoms with Gasteiger partial charge in [0.05, 0.1) is 11.0 Å². The largest absolute Gasteiger partial charge is 0.297 e. The van der Waals surface area contributed by atoms with E-state index in [1.165, 1.54) is 36.4 Å². The summed E-state index contributed by atoms with van der Waals surface area (Å²) in [6.45, 7) is 3.98. The van der Waals surface area contributed by atoms with E-state index >= 15 is 0 Å². The van der Waals surface area contributed by atoms with E-state index in [0.717, 1.165) is 49.4 Å². The SMILES string of the molecule is O=[N+]([O-])c1ccc(CN2CCN(C(c3ccc(F)cc3)c3ccc(F)cc3)CC2)cc1. The van der Waals surface area contributed by atoms with Crippen LogP contribution in [0.1, 0.15) is 22.7 Å². The molecule has 1 saturated heterocycles. The number of hydrogen-bond acceptors (Lipinski definition) is 4. The fourth-order valence-electron chi connectivity index (χ4n) is 4.07. The fraction of sp³-hybridized carbons (Fsp3) is 0.250. The van der Waals surface area contributed by atoms with Gasteiger partial charge in [0.15, 0.2) is 0 Å². The molecule has 1 aliphatic rings. The van der Waals surface area contributed by atoms with Gasteiger partial charge in [-0.05, 0) is 41.0 Å².